The number of amides is 2. The highest BCUT2D eigenvalue weighted by atomic mass is 16.7. The number of rotatable bonds is 12. The molecule has 0 spiro atoms. The fraction of sp³-hybridized carbons (Fsp3) is 0.562. The number of hydrogen-bond acceptors (Lipinski definition) is 8. The maximum Gasteiger partial charge on any atom is 0.308 e. The van der Waals surface area contributed by atoms with Crippen molar-refractivity contribution in [2.24, 2.45) is 11.3 Å². The first kappa shape index (κ1) is 30.6. The third kappa shape index (κ3) is 6.27. The lowest BCUT2D eigenvalue weighted by atomic mass is 9.84. The third-order valence-electron chi connectivity index (χ3n) is 9.04. The highest BCUT2D eigenvalue weighted by Crippen LogP contribution is 2.47. The van der Waals surface area contributed by atoms with E-state index in [1.165, 1.54) is 7.11 Å². The molecule has 3 atom stereocenters. The molecule has 3 aliphatic rings. The van der Waals surface area contributed by atoms with Crippen LogP contribution >= 0.6 is 0 Å². The van der Waals surface area contributed by atoms with Crippen LogP contribution in [0.25, 0.3) is 0 Å². The largest absolute Gasteiger partial charge is 0.493 e. The normalized spacial score (nSPS) is 22.7. The molecule has 43 heavy (non-hydrogen) atoms. The molecule has 3 aliphatic heterocycles. The second-order valence-electron chi connectivity index (χ2n) is 12.2. The van der Waals surface area contributed by atoms with Crippen LogP contribution in [0.4, 0.5) is 5.69 Å². The molecule has 2 fully saturated rings. The number of ether oxygens (including phenoxy) is 3. The van der Waals surface area contributed by atoms with Gasteiger partial charge in [-0.1, -0.05) is 27.2 Å². The minimum Gasteiger partial charge on any atom is -0.493 e. The molecular weight excluding hydrogens is 552 g/mol. The van der Waals surface area contributed by atoms with Crippen molar-refractivity contribution in [2.45, 2.75) is 58.4 Å². The number of carbonyl (C=O) groups is 3. The van der Waals surface area contributed by atoms with Gasteiger partial charge in [0.15, 0.2) is 11.5 Å². The van der Waals surface area contributed by atoms with E-state index in [1.807, 2.05) is 41.8 Å². The van der Waals surface area contributed by atoms with Crippen LogP contribution in [0.1, 0.15) is 57.9 Å². The lowest BCUT2D eigenvalue weighted by Crippen LogP contribution is -2.46. The number of methoxy groups -OCH3 is 1. The number of aromatic nitrogens is 1. The highest BCUT2D eigenvalue weighted by Gasteiger charge is 2.48. The maximum atomic E-state index is 13.9. The summed E-state index contributed by atoms with van der Waals surface area (Å²) in [5.74, 6) is -0.734. The average molecular weight is 595 g/mol. The molecule has 1 aromatic carbocycles. The van der Waals surface area contributed by atoms with E-state index in [1.54, 1.807) is 23.4 Å². The van der Waals surface area contributed by atoms with Gasteiger partial charge in [-0.2, -0.15) is 0 Å². The lowest BCUT2D eigenvalue weighted by Gasteiger charge is -2.31. The molecule has 0 bridgehead atoms. The average Bonchev–Trinajstić information content (AvgIpc) is 3.68. The van der Waals surface area contributed by atoms with Crippen LogP contribution in [0.15, 0.2) is 36.7 Å². The number of carboxylic acid groups (broad SMARTS) is 1. The summed E-state index contributed by atoms with van der Waals surface area (Å²) in [4.78, 5) is 49.7. The number of anilines is 1. The summed E-state index contributed by atoms with van der Waals surface area (Å²) in [5, 5.41) is 10.6. The summed E-state index contributed by atoms with van der Waals surface area (Å²) in [6.07, 6.45) is 6.30. The van der Waals surface area contributed by atoms with Gasteiger partial charge in [-0.25, -0.2) is 0 Å². The van der Waals surface area contributed by atoms with Crippen molar-refractivity contribution in [3.8, 4) is 17.2 Å². The molecule has 11 heteroatoms. The zero-order valence-electron chi connectivity index (χ0n) is 25.5. The minimum absolute atomic E-state index is 0.0463. The van der Waals surface area contributed by atoms with Crippen LogP contribution in [-0.4, -0.2) is 90.3 Å². The van der Waals surface area contributed by atoms with Gasteiger partial charge in [0.25, 0.3) is 0 Å². The summed E-state index contributed by atoms with van der Waals surface area (Å²) >= 11 is 0. The van der Waals surface area contributed by atoms with E-state index in [0.29, 0.717) is 55.5 Å². The van der Waals surface area contributed by atoms with Crippen molar-refractivity contribution in [3.63, 3.8) is 0 Å². The van der Waals surface area contributed by atoms with Crippen molar-refractivity contribution in [1.29, 1.82) is 0 Å². The molecule has 1 unspecified atom stereocenters. The Bertz CT molecular complexity index is 1330. The first-order chi connectivity index (χ1) is 20.6. The van der Waals surface area contributed by atoms with Crippen LogP contribution in [0.2, 0.25) is 0 Å². The van der Waals surface area contributed by atoms with E-state index in [9.17, 15) is 19.5 Å². The number of unbranched alkanes of at least 4 members (excludes halogenated alkanes) is 1. The Balaban J connectivity index is 1.46. The van der Waals surface area contributed by atoms with Gasteiger partial charge in [0.2, 0.25) is 24.4 Å². The predicted octanol–water partition coefficient (Wildman–Crippen LogP) is 3.77. The van der Waals surface area contributed by atoms with Gasteiger partial charge in [0.05, 0.1) is 31.5 Å². The van der Waals surface area contributed by atoms with Gasteiger partial charge in [-0.3, -0.25) is 24.3 Å². The molecule has 11 nitrogen and oxygen atoms in total. The number of nitrogens with zero attached hydrogens (tertiary/aromatic N) is 4. The topological polar surface area (TPSA) is 122 Å². The van der Waals surface area contributed by atoms with Gasteiger partial charge in [0.1, 0.15) is 0 Å². The Morgan fingerprint density at radius 3 is 2.72 bits per heavy atom. The summed E-state index contributed by atoms with van der Waals surface area (Å²) in [6, 6.07) is 6.83. The number of carbonyl (C=O) groups excluding carboxylic acids is 2. The van der Waals surface area contributed by atoms with E-state index >= 15 is 0 Å². The first-order valence-electron chi connectivity index (χ1n) is 15.1. The van der Waals surface area contributed by atoms with Crippen molar-refractivity contribution in [1.82, 2.24) is 14.8 Å². The zero-order valence-corrected chi connectivity index (χ0v) is 25.5. The quantitative estimate of drug-likeness (QED) is 0.391. The van der Waals surface area contributed by atoms with Crippen LogP contribution in [0.3, 0.4) is 0 Å². The van der Waals surface area contributed by atoms with Gasteiger partial charge < -0.3 is 29.1 Å². The van der Waals surface area contributed by atoms with Crippen molar-refractivity contribution >= 4 is 23.5 Å². The van der Waals surface area contributed by atoms with Crippen molar-refractivity contribution < 1.29 is 33.7 Å². The molecule has 0 radical (unpaired) electrons. The SMILES string of the molecule is CCCCN(C(=O)CN1C[C@H](c2cc(OC)c3c(c2)OCO3)C(C(=O)O)[C@@H]1CCN1CCC(C)(C)C1=O)c1cccnc1. The summed E-state index contributed by atoms with van der Waals surface area (Å²) in [5.41, 5.74) is 1.04. The van der Waals surface area contributed by atoms with Crippen molar-refractivity contribution in [2.75, 3.05) is 51.5 Å². The molecule has 2 saturated heterocycles. The lowest BCUT2D eigenvalue weighted by molar-refractivity contribution is -0.143. The van der Waals surface area contributed by atoms with E-state index in [0.717, 1.165) is 24.8 Å². The first-order valence-corrected chi connectivity index (χ1v) is 15.1. The molecule has 2 amide bonds. The zero-order chi connectivity index (χ0) is 30.7. The van der Waals surface area contributed by atoms with E-state index in [2.05, 4.69) is 11.9 Å². The molecule has 0 aliphatic carbocycles. The summed E-state index contributed by atoms with van der Waals surface area (Å²) in [7, 11) is 1.54. The fourth-order valence-corrected chi connectivity index (χ4v) is 6.59. The Morgan fingerprint density at radius 2 is 2.07 bits per heavy atom. The third-order valence-corrected chi connectivity index (χ3v) is 9.04. The number of hydrogen-bond donors (Lipinski definition) is 1. The number of benzene rings is 1. The molecule has 2 aromatic rings. The molecule has 232 valence electrons. The standard InChI is InChI=1S/C32H42N4O7/c1-5-6-12-36(22-8-7-11-33-17-22)27(37)19-35-18-23(21-15-25(41-4)29-26(16-21)42-20-43-29)28(30(38)39)24(35)9-13-34-14-10-32(2,3)31(34)40/h7-8,11,15-17,23-24,28H,5-6,9-10,12-14,18-20H2,1-4H3,(H,38,39)/t23-,24+,28?/m1/s1. The Labute approximate surface area is 252 Å². The van der Waals surface area contributed by atoms with E-state index < -0.39 is 29.3 Å². The number of fused-ring (bicyclic) bond motifs is 1. The van der Waals surface area contributed by atoms with Gasteiger partial charge in [0, 0.05) is 49.8 Å². The second kappa shape index (κ2) is 12.8. The number of likely N-dealkylation sites (tertiary alicyclic amines) is 2. The van der Waals surface area contributed by atoms with E-state index in [-0.39, 0.29) is 25.2 Å². The molecule has 1 aromatic heterocycles. The molecular formula is C32H42N4O7. The summed E-state index contributed by atoms with van der Waals surface area (Å²) in [6.45, 7) is 8.05. The smallest absolute Gasteiger partial charge is 0.308 e. The molecule has 5 rings (SSSR count). The van der Waals surface area contributed by atoms with Crippen molar-refractivity contribution in [3.05, 3.63) is 42.2 Å². The molecule has 4 heterocycles. The van der Waals surface area contributed by atoms with E-state index in [4.69, 9.17) is 14.2 Å². The van der Waals surface area contributed by atoms with Gasteiger partial charge in [-0.15, -0.1) is 0 Å². The summed E-state index contributed by atoms with van der Waals surface area (Å²) < 4.78 is 16.8. The highest BCUT2D eigenvalue weighted by molar-refractivity contribution is 5.94. The maximum absolute atomic E-state index is 13.9. The minimum atomic E-state index is -0.940. The second-order valence-corrected chi connectivity index (χ2v) is 12.2. The fourth-order valence-electron chi connectivity index (χ4n) is 6.59. The predicted molar refractivity (Wildman–Crippen MR) is 159 cm³/mol. The Kier molecular flexibility index (Phi) is 9.10. The van der Waals surface area contributed by atoms with Crippen LogP contribution in [0.5, 0.6) is 17.2 Å². The molecule has 1 N–H and O–H groups in total. The van der Waals surface area contributed by atoms with Crippen LogP contribution in [0, 0.1) is 11.3 Å². The number of pyridine rings is 1. The molecule has 0 saturated carbocycles. The van der Waals surface area contributed by atoms with Gasteiger partial charge >= 0.3 is 5.97 Å². The number of carboxylic acids is 1. The Hall–Kier alpha value is -3.86. The van der Waals surface area contributed by atoms with Crippen LogP contribution < -0.4 is 19.1 Å². The Morgan fingerprint density at radius 1 is 1.26 bits per heavy atom. The van der Waals surface area contributed by atoms with Crippen LogP contribution in [-0.2, 0) is 14.4 Å². The number of aliphatic carboxylic acids is 1. The van der Waals surface area contributed by atoms with Gasteiger partial charge in [-0.05, 0) is 49.1 Å². The monoisotopic (exact) mass is 594 g/mol.